The minimum atomic E-state index is 0.267. The molecule has 0 unspecified atom stereocenters. The van der Waals surface area contributed by atoms with Crippen molar-refractivity contribution in [2.45, 2.75) is 39.5 Å². The van der Waals surface area contributed by atoms with E-state index >= 15 is 0 Å². The van der Waals surface area contributed by atoms with Crippen molar-refractivity contribution in [2.24, 2.45) is 4.36 Å². The fourth-order valence-corrected chi connectivity index (χ4v) is 2.91. The predicted octanol–water partition coefficient (Wildman–Crippen LogP) is 5.63. The van der Waals surface area contributed by atoms with Gasteiger partial charge in [0.05, 0.1) is 5.69 Å². The van der Waals surface area contributed by atoms with Crippen LogP contribution in [-0.4, -0.2) is 4.21 Å². The zero-order chi connectivity index (χ0) is 15.4. The van der Waals surface area contributed by atoms with E-state index in [9.17, 15) is 4.21 Å². The Bertz CT molecular complexity index is 659. The fraction of sp³-hybridized carbons (Fsp3) is 0.333. The van der Waals surface area contributed by atoms with Crippen molar-refractivity contribution in [3.05, 3.63) is 53.6 Å². The molecule has 0 heterocycles. The summed E-state index contributed by atoms with van der Waals surface area (Å²) < 4.78 is 14.9. The molecule has 3 heteroatoms. The molecule has 0 bridgehead atoms. The van der Waals surface area contributed by atoms with Gasteiger partial charge in [-0.05, 0) is 34.6 Å². The summed E-state index contributed by atoms with van der Waals surface area (Å²) in [5.41, 5.74) is 5.65. The summed E-state index contributed by atoms with van der Waals surface area (Å²) in [6.07, 6.45) is 0. The van der Waals surface area contributed by atoms with Crippen LogP contribution >= 0.6 is 0 Å². The van der Waals surface area contributed by atoms with E-state index in [1.54, 1.807) is 0 Å². The zero-order valence-electron chi connectivity index (χ0n) is 13.0. The molecule has 0 amide bonds. The largest absolute Gasteiger partial charge is 0.205 e. The molecule has 2 rings (SSSR count). The van der Waals surface area contributed by atoms with Crippen molar-refractivity contribution >= 4 is 17.2 Å². The molecule has 110 valence electrons. The standard InChI is InChI=1S/C18H21NOS/c1-12(2)14-9-7-10-15(13(3)4)18(14)16-8-5-6-11-17(16)19-21-20/h5-13H,1-4H3. The minimum Gasteiger partial charge on any atom is -0.191 e. The van der Waals surface area contributed by atoms with Crippen LogP contribution in [0.3, 0.4) is 0 Å². The van der Waals surface area contributed by atoms with Crippen molar-refractivity contribution in [2.75, 3.05) is 0 Å². The first kappa shape index (κ1) is 15.6. The van der Waals surface area contributed by atoms with Crippen LogP contribution in [0.25, 0.3) is 11.1 Å². The smallest absolute Gasteiger partial charge is 0.191 e. The van der Waals surface area contributed by atoms with Crippen LogP contribution in [0.4, 0.5) is 5.69 Å². The van der Waals surface area contributed by atoms with E-state index in [0.717, 1.165) is 11.3 Å². The molecule has 0 radical (unpaired) electrons. The van der Waals surface area contributed by atoms with Crippen molar-refractivity contribution in [3.63, 3.8) is 0 Å². The van der Waals surface area contributed by atoms with Gasteiger partial charge < -0.3 is 0 Å². The highest BCUT2D eigenvalue weighted by molar-refractivity contribution is 7.54. The van der Waals surface area contributed by atoms with Gasteiger partial charge in [-0.1, -0.05) is 64.1 Å². The van der Waals surface area contributed by atoms with Gasteiger partial charge in [0.1, 0.15) is 0 Å². The summed E-state index contributed by atoms with van der Waals surface area (Å²) in [7, 11) is 0. The first-order chi connectivity index (χ1) is 10.1. The summed E-state index contributed by atoms with van der Waals surface area (Å²) in [5.74, 6) is 0.846. The van der Waals surface area contributed by atoms with Gasteiger partial charge in [-0.2, -0.15) is 8.57 Å². The maximum Gasteiger partial charge on any atom is 0.205 e. The third-order valence-electron chi connectivity index (χ3n) is 3.68. The summed E-state index contributed by atoms with van der Waals surface area (Å²) in [6, 6.07) is 14.4. The third kappa shape index (κ3) is 3.30. The Labute approximate surface area is 130 Å². The first-order valence-corrected chi connectivity index (χ1v) is 7.98. The topological polar surface area (TPSA) is 29.4 Å². The highest BCUT2D eigenvalue weighted by atomic mass is 32.1. The quantitative estimate of drug-likeness (QED) is 0.719. The highest BCUT2D eigenvalue weighted by Gasteiger charge is 2.17. The summed E-state index contributed by atoms with van der Waals surface area (Å²) in [5, 5.41) is 0. The summed E-state index contributed by atoms with van der Waals surface area (Å²) >= 11 is 0.267. The number of hydrogen-bond acceptors (Lipinski definition) is 2. The fourth-order valence-electron chi connectivity index (χ4n) is 2.67. The average Bonchev–Trinajstić information content (AvgIpc) is 2.47. The Kier molecular flexibility index (Phi) is 5.07. The van der Waals surface area contributed by atoms with E-state index in [0.29, 0.717) is 11.8 Å². The van der Waals surface area contributed by atoms with Crippen molar-refractivity contribution in [1.82, 2.24) is 0 Å². The van der Waals surface area contributed by atoms with Crippen LogP contribution in [-0.2, 0) is 11.5 Å². The Morgan fingerprint density at radius 2 is 1.43 bits per heavy atom. The molecule has 2 aromatic rings. The molecule has 0 aliphatic heterocycles. The molecule has 0 N–H and O–H groups in total. The van der Waals surface area contributed by atoms with E-state index < -0.39 is 0 Å². The van der Waals surface area contributed by atoms with E-state index in [1.165, 1.54) is 16.7 Å². The van der Waals surface area contributed by atoms with Gasteiger partial charge in [-0.15, -0.1) is 0 Å². The van der Waals surface area contributed by atoms with Gasteiger partial charge >= 0.3 is 0 Å². The molecule has 0 fully saturated rings. The highest BCUT2D eigenvalue weighted by Crippen LogP contribution is 2.40. The molecular weight excluding hydrogens is 278 g/mol. The molecule has 0 spiro atoms. The Morgan fingerprint density at radius 1 is 0.857 bits per heavy atom. The molecule has 0 atom stereocenters. The van der Waals surface area contributed by atoms with Gasteiger partial charge in [-0.3, -0.25) is 0 Å². The average molecular weight is 299 g/mol. The molecular formula is C18H21NOS. The molecule has 2 nitrogen and oxygen atoms in total. The molecule has 2 aromatic carbocycles. The molecule has 0 aliphatic carbocycles. The van der Waals surface area contributed by atoms with E-state index in [-0.39, 0.29) is 11.5 Å². The van der Waals surface area contributed by atoms with Crippen molar-refractivity contribution < 1.29 is 4.21 Å². The first-order valence-electron chi connectivity index (χ1n) is 7.28. The number of benzene rings is 2. The second kappa shape index (κ2) is 6.81. The second-order valence-electron chi connectivity index (χ2n) is 5.80. The lowest BCUT2D eigenvalue weighted by molar-refractivity contribution is 0.698. The number of rotatable bonds is 4. The normalized spacial score (nSPS) is 11.0. The van der Waals surface area contributed by atoms with Gasteiger partial charge in [-0.25, -0.2) is 0 Å². The monoisotopic (exact) mass is 299 g/mol. The lowest BCUT2D eigenvalue weighted by atomic mass is 9.84. The van der Waals surface area contributed by atoms with Crippen LogP contribution in [0.2, 0.25) is 0 Å². The third-order valence-corrected chi connectivity index (χ3v) is 3.95. The Morgan fingerprint density at radius 3 is 1.95 bits per heavy atom. The van der Waals surface area contributed by atoms with E-state index in [4.69, 9.17) is 0 Å². The van der Waals surface area contributed by atoms with Crippen LogP contribution in [0, 0.1) is 0 Å². The van der Waals surface area contributed by atoms with Crippen LogP contribution in [0.1, 0.15) is 50.7 Å². The van der Waals surface area contributed by atoms with E-state index in [2.05, 4.69) is 56.3 Å². The lowest BCUT2D eigenvalue weighted by Gasteiger charge is -2.20. The van der Waals surface area contributed by atoms with Gasteiger partial charge in [0, 0.05) is 5.56 Å². The SMILES string of the molecule is CC(C)c1cccc(C(C)C)c1-c1ccccc1N=S=O. The van der Waals surface area contributed by atoms with Crippen LogP contribution in [0.15, 0.2) is 46.8 Å². The van der Waals surface area contributed by atoms with Crippen molar-refractivity contribution in [3.8, 4) is 11.1 Å². The molecule has 21 heavy (non-hydrogen) atoms. The lowest BCUT2D eigenvalue weighted by Crippen LogP contribution is -1.99. The maximum atomic E-state index is 10.9. The van der Waals surface area contributed by atoms with Crippen LogP contribution in [0.5, 0.6) is 0 Å². The van der Waals surface area contributed by atoms with Gasteiger partial charge in [0.25, 0.3) is 0 Å². The number of nitrogens with zero attached hydrogens (tertiary/aromatic N) is 1. The van der Waals surface area contributed by atoms with E-state index in [1.807, 2.05) is 18.2 Å². The maximum absolute atomic E-state index is 10.9. The summed E-state index contributed by atoms with van der Waals surface area (Å²) in [6.45, 7) is 8.80. The van der Waals surface area contributed by atoms with Crippen molar-refractivity contribution in [1.29, 1.82) is 0 Å². The molecule has 0 aromatic heterocycles. The molecule has 0 saturated carbocycles. The second-order valence-corrected chi connectivity index (χ2v) is 6.14. The molecule has 0 saturated heterocycles. The van der Waals surface area contributed by atoms with Crippen LogP contribution < -0.4 is 0 Å². The van der Waals surface area contributed by atoms with Gasteiger partial charge in [0.2, 0.25) is 11.5 Å². The minimum absolute atomic E-state index is 0.267. The zero-order valence-corrected chi connectivity index (χ0v) is 13.8. The Hall–Kier alpha value is -1.74. The summed E-state index contributed by atoms with van der Waals surface area (Å²) in [4.78, 5) is 0. The predicted molar refractivity (Wildman–Crippen MR) is 90.3 cm³/mol. The Balaban J connectivity index is 2.81. The number of hydrogen-bond donors (Lipinski definition) is 0. The molecule has 0 aliphatic rings. The van der Waals surface area contributed by atoms with Gasteiger partial charge in [0.15, 0.2) is 0 Å².